The van der Waals surface area contributed by atoms with Gasteiger partial charge in [0.15, 0.2) is 9.84 Å². The number of aliphatic hydroxyl groups excluding tert-OH is 1. The maximum absolute atomic E-state index is 12.7. The van der Waals surface area contributed by atoms with Gasteiger partial charge >= 0.3 is 0 Å². The summed E-state index contributed by atoms with van der Waals surface area (Å²) in [5.74, 6) is 0.658. The minimum absolute atomic E-state index is 0.177. The lowest BCUT2D eigenvalue weighted by atomic mass is 9.88. The van der Waals surface area contributed by atoms with E-state index in [2.05, 4.69) is 0 Å². The Morgan fingerprint density at radius 1 is 1.26 bits per heavy atom. The first kappa shape index (κ1) is 14.3. The van der Waals surface area contributed by atoms with Crippen LogP contribution in [-0.4, -0.2) is 32.0 Å². The first-order chi connectivity index (χ1) is 8.96. The molecule has 5 heteroatoms. The van der Waals surface area contributed by atoms with Gasteiger partial charge in [-0.2, -0.15) is 0 Å². The van der Waals surface area contributed by atoms with Crippen molar-refractivity contribution in [2.45, 2.75) is 42.4 Å². The molecular weight excluding hydrogens is 264 g/mol. The number of aliphatic hydroxyl groups is 1. The second-order valence-corrected chi connectivity index (χ2v) is 7.36. The summed E-state index contributed by atoms with van der Waals surface area (Å²) in [7, 11) is -2.11. The molecule has 0 radical (unpaired) electrons. The lowest BCUT2D eigenvalue weighted by Crippen LogP contribution is -2.39. The van der Waals surface area contributed by atoms with Crippen molar-refractivity contribution in [1.29, 1.82) is 0 Å². The van der Waals surface area contributed by atoms with Gasteiger partial charge in [0.1, 0.15) is 10.6 Å². The van der Waals surface area contributed by atoms with Crippen LogP contribution < -0.4 is 4.74 Å². The molecule has 1 saturated carbocycles. The second kappa shape index (κ2) is 5.51. The number of methoxy groups -OCH3 is 1. The topological polar surface area (TPSA) is 63.6 Å². The van der Waals surface area contributed by atoms with Gasteiger partial charge in [0.25, 0.3) is 0 Å². The predicted molar refractivity (Wildman–Crippen MR) is 73.0 cm³/mol. The van der Waals surface area contributed by atoms with Crippen molar-refractivity contribution in [3.05, 3.63) is 24.3 Å². The SMILES string of the molecule is COc1ccccc1S(=O)(=O)C1CC(C)CCC1O. The molecule has 1 aliphatic carbocycles. The van der Waals surface area contributed by atoms with Crippen molar-refractivity contribution >= 4 is 9.84 Å². The van der Waals surface area contributed by atoms with Gasteiger partial charge in [-0.15, -0.1) is 0 Å². The van der Waals surface area contributed by atoms with Crippen LogP contribution in [0.15, 0.2) is 29.2 Å². The van der Waals surface area contributed by atoms with E-state index in [1.54, 1.807) is 24.3 Å². The van der Waals surface area contributed by atoms with Crippen LogP contribution in [0.25, 0.3) is 0 Å². The molecule has 0 bridgehead atoms. The number of benzene rings is 1. The van der Waals surface area contributed by atoms with Crippen molar-refractivity contribution in [2.24, 2.45) is 5.92 Å². The molecular formula is C14H20O4S. The van der Waals surface area contributed by atoms with Crippen LogP contribution in [0.2, 0.25) is 0 Å². The smallest absolute Gasteiger partial charge is 0.187 e. The molecule has 19 heavy (non-hydrogen) atoms. The van der Waals surface area contributed by atoms with Gasteiger partial charge in [-0.3, -0.25) is 0 Å². The zero-order valence-electron chi connectivity index (χ0n) is 11.2. The van der Waals surface area contributed by atoms with E-state index in [9.17, 15) is 13.5 Å². The van der Waals surface area contributed by atoms with Crippen LogP contribution in [0.3, 0.4) is 0 Å². The first-order valence-electron chi connectivity index (χ1n) is 6.51. The molecule has 106 valence electrons. The third-order valence-electron chi connectivity index (χ3n) is 3.79. The molecule has 0 saturated heterocycles. The standard InChI is InChI=1S/C14H20O4S/c1-10-7-8-11(15)14(9-10)19(16,17)13-6-4-3-5-12(13)18-2/h3-6,10-11,14-15H,7-9H2,1-2H3. The van der Waals surface area contributed by atoms with Gasteiger partial charge in [0.2, 0.25) is 0 Å². The van der Waals surface area contributed by atoms with E-state index in [0.717, 1.165) is 6.42 Å². The number of para-hydroxylation sites is 1. The Bertz CT molecular complexity index is 538. The predicted octanol–water partition coefficient (Wildman–Crippen LogP) is 2.02. The number of rotatable bonds is 3. The summed E-state index contributed by atoms with van der Waals surface area (Å²) in [6.45, 7) is 2.02. The minimum atomic E-state index is -3.56. The molecule has 3 unspecified atom stereocenters. The monoisotopic (exact) mass is 284 g/mol. The van der Waals surface area contributed by atoms with E-state index in [-0.39, 0.29) is 4.90 Å². The third-order valence-corrected chi connectivity index (χ3v) is 6.05. The molecule has 0 aromatic heterocycles. The summed E-state index contributed by atoms with van der Waals surface area (Å²) in [5.41, 5.74) is 0. The number of hydrogen-bond acceptors (Lipinski definition) is 4. The van der Waals surface area contributed by atoms with Crippen LogP contribution >= 0.6 is 0 Å². The molecule has 0 amide bonds. The Hall–Kier alpha value is -1.07. The van der Waals surface area contributed by atoms with Crippen molar-refractivity contribution in [3.63, 3.8) is 0 Å². The lowest BCUT2D eigenvalue weighted by Gasteiger charge is -2.31. The second-order valence-electron chi connectivity index (χ2n) is 5.22. The number of sulfone groups is 1. The molecule has 1 fully saturated rings. The molecule has 4 nitrogen and oxygen atoms in total. The third kappa shape index (κ3) is 2.77. The molecule has 1 aromatic rings. The van der Waals surface area contributed by atoms with Crippen LogP contribution in [0.5, 0.6) is 5.75 Å². The Morgan fingerprint density at radius 3 is 2.63 bits per heavy atom. The van der Waals surface area contributed by atoms with Crippen molar-refractivity contribution in [3.8, 4) is 5.75 Å². The maximum Gasteiger partial charge on any atom is 0.187 e. The van der Waals surface area contributed by atoms with Crippen molar-refractivity contribution in [1.82, 2.24) is 0 Å². The van der Waals surface area contributed by atoms with E-state index < -0.39 is 21.2 Å². The fraction of sp³-hybridized carbons (Fsp3) is 0.571. The zero-order chi connectivity index (χ0) is 14.0. The van der Waals surface area contributed by atoms with E-state index >= 15 is 0 Å². The number of ether oxygens (including phenoxy) is 1. The fourth-order valence-corrected chi connectivity index (χ4v) is 4.82. The van der Waals surface area contributed by atoms with Crippen LogP contribution in [0.4, 0.5) is 0 Å². The molecule has 1 N–H and O–H groups in total. The summed E-state index contributed by atoms with van der Waals surface area (Å²) in [6, 6.07) is 6.58. The van der Waals surface area contributed by atoms with Crippen LogP contribution in [0, 0.1) is 5.92 Å². The maximum atomic E-state index is 12.7. The summed E-state index contributed by atoms with van der Waals surface area (Å²) in [5, 5.41) is 9.30. The molecule has 2 rings (SSSR count). The Labute approximate surface area is 114 Å². The summed E-state index contributed by atoms with van der Waals surface area (Å²) >= 11 is 0. The Kier molecular flexibility index (Phi) is 4.16. The van der Waals surface area contributed by atoms with Gasteiger partial charge in [0.05, 0.1) is 18.5 Å². The van der Waals surface area contributed by atoms with Gasteiger partial charge in [-0.05, 0) is 37.3 Å². The largest absolute Gasteiger partial charge is 0.495 e. The highest BCUT2D eigenvalue weighted by atomic mass is 32.2. The molecule has 3 atom stereocenters. The quantitative estimate of drug-likeness (QED) is 0.922. The van der Waals surface area contributed by atoms with Gasteiger partial charge in [0, 0.05) is 0 Å². The molecule has 0 aliphatic heterocycles. The van der Waals surface area contributed by atoms with E-state index in [0.29, 0.717) is 24.5 Å². The highest BCUT2D eigenvalue weighted by molar-refractivity contribution is 7.92. The average molecular weight is 284 g/mol. The van der Waals surface area contributed by atoms with Crippen LogP contribution in [-0.2, 0) is 9.84 Å². The average Bonchev–Trinajstić information content (AvgIpc) is 2.41. The van der Waals surface area contributed by atoms with Gasteiger partial charge in [-0.25, -0.2) is 8.42 Å². The zero-order valence-corrected chi connectivity index (χ0v) is 12.1. The Morgan fingerprint density at radius 2 is 1.95 bits per heavy atom. The van der Waals surface area contributed by atoms with Crippen LogP contribution in [0.1, 0.15) is 26.2 Å². The molecule has 1 aliphatic rings. The minimum Gasteiger partial charge on any atom is -0.495 e. The van der Waals surface area contributed by atoms with E-state index in [1.165, 1.54) is 7.11 Å². The van der Waals surface area contributed by atoms with Gasteiger partial charge < -0.3 is 9.84 Å². The Balaban J connectivity index is 2.41. The van der Waals surface area contributed by atoms with E-state index in [4.69, 9.17) is 4.74 Å². The normalized spacial score (nSPS) is 28.1. The molecule has 0 spiro atoms. The summed E-state index contributed by atoms with van der Waals surface area (Å²) in [4.78, 5) is 0.177. The highest BCUT2D eigenvalue weighted by Gasteiger charge is 2.39. The first-order valence-corrected chi connectivity index (χ1v) is 8.06. The van der Waals surface area contributed by atoms with Gasteiger partial charge in [-0.1, -0.05) is 19.1 Å². The van der Waals surface area contributed by atoms with Crippen molar-refractivity contribution < 1.29 is 18.3 Å². The molecule has 0 heterocycles. The summed E-state index contributed by atoms with van der Waals surface area (Å²) in [6.07, 6.45) is 1.13. The summed E-state index contributed by atoms with van der Waals surface area (Å²) < 4.78 is 30.5. The van der Waals surface area contributed by atoms with Crippen molar-refractivity contribution in [2.75, 3.05) is 7.11 Å². The highest BCUT2D eigenvalue weighted by Crippen LogP contribution is 2.35. The van der Waals surface area contributed by atoms with E-state index in [1.807, 2.05) is 6.92 Å². The lowest BCUT2D eigenvalue weighted by molar-refractivity contribution is 0.116. The number of hydrogen-bond donors (Lipinski definition) is 1. The fourth-order valence-electron chi connectivity index (χ4n) is 2.66. The molecule has 1 aromatic carbocycles.